The zero-order chi connectivity index (χ0) is 18.0. The summed E-state index contributed by atoms with van der Waals surface area (Å²) in [4.78, 5) is 17.9. The number of rotatable bonds is 4. The van der Waals surface area contributed by atoms with Crippen molar-refractivity contribution in [3.63, 3.8) is 0 Å². The van der Waals surface area contributed by atoms with E-state index in [0.29, 0.717) is 11.7 Å². The highest BCUT2D eigenvalue weighted by Gasteiger charge is 2.32. The molecule has 1 unspecified atom stereocenters. The van der Waals surface area contributed by atoms with Gasteiger partial charge in [0.2, 0.25) is 0 Å². The molecule has 1 aromatic carbocycles. The zero-order valence-electron chi connectivity index (χ0n) is 15.9. The number of oxime groups is 1. The maximum absolute atomic E-state index is 13.0. The largest absolute Gasteiger partial charge is 0.399 e. The lowest BCUT2D eigenvalue weighted by molar-refractivity contribution is -0.117. The van der Waals surface area contributed by atoms with Crippen LogP contribution in [0.1, 0.15) is 60.8 Å². The molecule has 0 N–H and O–H groups in total. The van der Waals surface area contributed by atoms with Gasteiger partial charge in [0, 0.05) is 11.5 Å². The van der Waals surface area contributed by atoms with E-state index in [-0.39, 0.29) is 5.92 Å². The van der Waals surface area contributed by atoms with Crippen LogP contribution in [0.3, 0.4) is 0 Å². The maximum atomic E-state index is 13.0. The van der Waals surface area contributed by atoms with Crippen molar-refractivity contribution in [3.8, 4) is 0 Å². The van der Waals surface area contributed by atoms with Gasteiger partial charge in [0.1, 0.15) is 7.11 Å². The van der Waals surface area contributed by atoms with Gasteiger partial charge in [-0.05, 0) is 81.9 Å². The number of Topliss-reactive ketones (excluding diaryl/α,β-unsaturated/α-hetero) is 1. The lowest BCUT2D eigenvalue weighted by Crippen LogP contribution is -2.20. The molecule has 3 nitrogen and oxygen atoms in total. The fraction of sp³-hybridized carbons (Fsp3) is 0.545. The van der Waals surface area contributed by atoms with Gasteiger partial charge < -0.3 is 4.84 Å². The molecule has 0 aliphatic heterocycles. The average Bonchev–Trinajstić information content (AvgIpc) is 2.90. The summed E-state index contributed by atoms with van der Waals surface area (Å²) in [7, 11) is 1.61. The Morgan fingerprint density at radius 3 is 2.36 bits per heavy atom. The van der Waals surface area contributed by atoms with E-state index in [2.05, 4.69) is 44.1 Å². The number of carbonyl (C=O) groups excluding carboxylic acids is 1. The van der Waals surface area contributed by atoms with Crippen LogP contribution in [0.2, 0.25) is 0 Å². The van der Waals surface area contributed by atoms with Gasteiger partial charge in [-0.15, -0.1) is 0 Å². The van der Waals surface area contributed by atoms with Crippen molar-refractivity contribution in [1.82, 2.24) is 0 Å². The van der Waals surface area contributed by atoms with E-state index in [9.17, 15) is 4.79 Å². The summed E-state index contributed by atoms with van der Waals surface area (Å²) in [6, 6.07) is 4.36. The van der Waals surface area contributed by atoms with E-state index < -0.39 is 0 Å². The predicted octanol–water partition coefficient (Wildman–Crippen LogP) is 5.17. The van der Waals surface area contributed by atoms with Crippen LogP contribution in [-0.4, -0.2) is 18.6 Å². The van der Waals surface area contributed by atoms with E-state index in [4.69, 9.17) is 4.84 Å². The summed E-state index contributed by atoms with van der Waals surface area (Å²) in [6.45, 7) is 6.35. The first-order valence-electron chi connectivity index (χ1n) is 9.41. The minimum atomic E-state index is 0.168. The Labute approximate surface area is 151 Å². The Morgan fingerprint density at radius 2 is 1.76 bits per heavy atom. The molecule has 2 aliphatic carbocycles. The van der Waals surface area contributed by atoms with Crippen molar-refractivity contribution in [2.75, 3.05) is 7.11 Å². The van der Waals surface area contributed by atoms with Crippen LogP contribution in [0.5, 0.6) is 0 Å². The molecule has 2 aliphatic rings. The van der Waals surface area contributed by atoms with Crippen LogP contribution in [0, 0.1) is 32.6 Å². The quantitative estimate of drug-likeness (QED) is 0.710. The minimum Gasteiger partial charge on any atom is -0.399 e. The predicted molar refractivity (Wildman–Crippen MR) is 103 cm³/mol. The van der Waals surface area contributed by atoms with E-state index in [1.165, 1.54) is 22.4 Å². The highest BCUT2D eigenvalue weighted by Crippen LogP contribution is 2.38. The standard InChI is InChI=1S/C22H29NO2/c1-14-11-15(2)21(16(3)12-14)20-10-7-18(22(20)24)13-17-5-8-19(9-6-17)23-25-4/h10-12,17-18H,5-9,13H2,1-4H3. The summed E-state index contributed by atoms with van der Waals surface area (Å²) in [5.41, 5.74) is 6.98. The van der Waals surface area contributed by atoms with Crippen LogP contribution in [0.25, 0.3) is 5.57 Å². The number of ketones is 1. The third-order valence-corrected chi connectivity index (χ3v) is 5.71. The van der Waals surface area contributed by atoms with Gasteiger partial charge in [-0.2, -0.15) is 0 Å². The summed E-state index contributed by atoms with van der Waals surface area (Å²) in [5.74, 6) is 1.16. The van der Waals surface area contributed by atoms with Crippen LogP contribution in [0.15, 0.2) is 23.4 Å². The van der Waals surface area contributed by atoms with E-state index >= 15 is 0 Å². The Balaban J connectivity index is 1.66. The van der Waals surface area contributed by atoms with Crippen molar-refractivity contribution < 1.29 is 9.63 Å². The normalized spacial score (nSPS) is 23.6. The lowest BCUT2D eigenvalue weighted by atomic mass is 9.80. The molecule has 0 saturated heterocycles. The van der Waals surface area contributed by atoms with Gasteiger partial charge >= 0.3 is 0 Å². The summed E-state index contributed by atoms with van der Waals surface area (Å²) >= 11 is 0. The monoisotopic (exact) mass is 339 g/mol. The van der Waals surface area contributed by atoms with Crippen LogP contribution < -0.4 is 0 Å². The van der Waals surface area contributed by atoms with Gasteiger partial charge in [0.15, 0.2) is 5.78 Å². The van der Waals surface area contributed by atoms with Crippen LogP contribution >= 0.6 is 0 Å². The van der Waals surface area contributed by atoms with Crippen molar-refractivity contribution in [2.45, 2.75) is 59.3 Å². The molecule has 0 spiro atoms. The molecule has 0 aromatic heterocycles. The third-order valence-electron chi connectivity index (χ3n) is 5.71. The van der Waals surface area contributed by atoms with Crippen LogP contribution in [0.4, 0.5) is 0 Å². The minimum absolute atomic E-state index is 0.168. The molecule has 3 rings (SSSR count). The van der Waals surface area contributed by atoms with Crippen molar-refractivity contribution in [1.29, 1.82) is 0 Å². The van der Waals surface area contributed by atoms with Gasteiger partial charge in [0.25, 0.3) is 0 Å². The average molecular weight is 339 g/mol. The topological polar surface area (TPSA) is 38.7 Å². The van der Waals surface area contributed by atoms with Crippen molar-refractivity contribution >= 4 is 17.1 Å². The molecule has 0 amide bonds. The molecule has 0 bridgehead atoms. The fourth-order valence-electron chi connectivity index (χ4n) is 4.59. The molecule has 0 radical (unpaired) electrons. The Bertz CT molecular complexity index is 697. The van der Waals surface area contributed by atoms with E-state index in [1.54, 1.807) is 7.11 Å². The maximum Gasteiger partial charge on any atom is 0.166 e. The van der Waals surface area contributed by atoms with E-state index in [0.717, 1.165) is 49.7 Å². The zero-order valence-corrected chi connectivity index (χ0v) is 15.9. The van der Waals surface area contributed by atoms with Gasteiger partial charge in [-0.1, -0.05) is 28.9 Å². The van der Waals surface area contributed by atoms with Crippen molar-refractivity contribution in [2.24, 2.45) is 17.0 Å². The summed E-state index contributed by atoms with van der Waals surface area (Å²) < 4.78 is 0. The van der Waals surface area contributed by atoms with Gasteiger partial charge in [0.05, 0.1) is 5.71 Å². The van der Waals surface area contributed by atoms with Gasteiger partial charge in [-0.25, -0.2) is 0 Å². The van der Waals surface area contributed by atoms with Gasteiger partial charge in [-0.3, -0.25) is 4.79 Å². The molecule has 1 aromatic rings. The molecule has 134 valence electrons. The second-order valence-corrected chi connectivity index (χ2v) is 7.71. The molecule has 25 heavy (non-hydrogen) atoms. The highest BCUT2D eigenvalue weighted by atomic mass is 16.6. The summed E-state index contributed by atoms with van der Waals surface area (Å²) in [5, 5.41) is 4.08. The number of benzene rings is 1. The Hall–Kier alpha value is -1.90. The highest BCUT2D eigenvalue weighted by molar-refractivity contribution is 6.24. The first kappa shape index (κ1) is 17.9. The Kier molecular flexibility index (Phi) is 5.41. The number of hydrogen-bond donors (Lipinski definition) is 0. The second kappa shape index (κ2) is 7.55. The molecular weight excluding hydrogens is 310 g/mol. The van der Waals surface area contributed by atoms with Crippen LogP contribution in [-0.2, 0) is 9.63 Å². The molecule has 1 saturated carbocycles. The summed E-state index contributed by atoms with van der Waals surface area (Å²) in [6.07, 6.45) is 8.37. The molecule has 1 atom stereocenters. The SMILES string of the molecule is CON=C1CCC(CC2CC=C(c3c(C)cc(C)cc3C)C2=O)CC1. The first-order valence-corrected chi connectivity index (χ1v) is 9.41. The third kappa shape index (κ3) is 3.86. The number of nitrogens with zero attached hydrogens (tertiary/aromatic N) is 1. The lowest BCUT2D eigenvalue weighted by Gasteiger charge is -2.25. The molecule has 0 heterocycles. The fourth-order valence-corrected chi connectivity index (χ4v) is 4.59. The Morgan fingerprint density at radius 1 is 1.12 bits per heavy atom. The number of hydrogen-bond acceptors (Lipinski definition) is 3. The number of allylic oxidation sites excluding steroid dienone is 2. The smallest absolute Gasteiger partial charge is 0.166 e. The number of aryl methyl sites for hydroxylation is 3. The number of carbonyl (C=O) groups is 1. The molecule has 1 fully saturated rings. The van der Waals surface area contributed by atoms with E-state index in [1.807, 2.05) is 0 Å². The molecule has 3 heteroatoms. The van der Waals surface area contributed by atoms with Crippen molar-refractivity contribution in [3.05, 3.63) is 40.5 Å². The molecular formula is C22H29NO2. The first-order chi connectivity index (χ1) is 12.0. The second-order valence-electron chi connectivity index (χ2n) is 7.71.